The fraction of sp³-hybridized carbons (Fsp3) is 0.556. The number of hydrogen-bond donors (Lipinski definition) is 4. The molecule has 8 heteroatoms. The molecular weight excluding hydrogens is 232 g/mol. The molecule has 0 radical (unpaired) electrons. The molecule has 1 aromatic heterocycles. The molecule has 2 rings (SSSR count). The minimum atomic E-state index is -1.56. The molecule has 0 aromatic carbocycles. The van der Waals surface area contributed by atoms with Gasteiger partial charge in [-0.1, -0.05) is 0 Å². The van der Waals surface area contributed by atoms with E-state index in [1.165, 1.54) is 6.20 Å². The first-order valence-electron chi connectivity index (χ1n) is 4.98. The highest BCUT2D eigenvalue weighted by atomic mass is 16.5. The second kappa shape index (κ2) is 4.41. The molecule has 2 heterocycles. The van der Waals surface area contributed by atoms with E-state index in [0.29, 0.717) is 4.57 Å². The van der Waals surface area contributed by atoms with E-state index in [-0.39, 0.29) is 6.61 Å². The van der Waals surface area contributed by atoms with E-state index in [1.54, 1.807) is 0 Å². The molecule has 1 fully saturated rings. The van der Waals surface area contributed by atoms with Crippen molar-refractivity contribution >= 4 is 0 Å². The van der Waals surface area contributed by atoms with Crippen LogP contribution >= 0.6 is 0 Å². The SMILES string of the molecule is O=c1cc[nH]c(=O)n1C1OC[C@@H](O)[C@H](O)[C@H]1O. The Labute approximate surface area is 94.7 Å². The smallest absolute Gasteiger partial charge is 0.330 e. The number of nitrogens with one attached hydrogen (secondary N) is 1. The average Bonchev–Trinajstić information content (AvgIpc) is 2.29. The summed E-state index contributed by atoms with van der Waals surface area (Å²) < 4.78 is 5.66. The highest BCUT2D eigenvalue weighted by Gasteiger charge is 2.39. The van der Waals surface area contributed by atoms with Crippen molar-refractivity contribution in [1.29, 1.82) is 0 Å². The molecule has 0 aliphatic carbocycles. The fourth-order valence-corrected chi connectivity index (χ4v) is 1.69. The number of aliphatic hydroxyl groups is 3. The summed E-state index contributed by atoms with van der Waals surface area (Å²) in [6.45, 7) is -0.274. The molecule has 0 bridgehead atoms. The molecule has 1 aliphatic rings. The molecule has 0 spiro atoms. The van der Waals surface area contributed by atoms with Gasteiger partial charge in [0.2, 0.25) is 0 Å². The van der Waals surface area contributed by atoms with Gasteiger partial charge in [0, 0.05) is 12.3 Å². The minimum Gasteiger partial charge on any atom is -0.388 e. The molecule has 1 unspecified atom stereocenters. The van der Waals surface area contributed by atoms with Gasteiger partial charge in [0.05, 0.1) is 6.61 Å². The van der Waals surface area contributed by atoms with Crippen LogP contribution in [0, 0.1) is 0 Å². The third kappa shape index (κ3) is 2.03. The summed E-state index contributed by atoms with van der Waals surface area (Å²) in [7, 11) is 0. The number of ether oxygens (including phenoxy) is 1. The van der Waals surface area contributed by atoms with Crippen molar-refractivity contribution in [3.05, 3.63) is 33.1 Å². The zero-order valence-corrected chi connectivity index (χ0v) is 8.68. The first-order chi connectivity index (χ1) is 8.02. The predicted octanol–water partition coefficient (Wildman–Crippen LogP) is -2.85. The lowest BCUT2D eigenvalue weighted by atomic mass is 10.0. The second-order valence-corrected chi connectivity index (χ2v) is 3.76. The van der Waals surface area contributed by atoms with Crippen molar-refractivity contribution in [3.8, 4) is 0 Å². The van der Waals surface area contributed by atoms with Crippen molar-refractivity contribution in [2.45, 2.75) is 24.5 Å². The van der Waals surface area contributed by atoms with E-state index in [9.17, 15) is 24.9 Å². The third-order valence-corrected chi connectivity index (χ3v) is 2.62. The normalized spacial score (nSPS) is 33.6. The van der Waals surface area contributed by atoms with E-state index in [1.807, 2.05) is 0 Å². The van der Waals surface area contributed by atoms with E-state index in [2.05, 4.69) is 4.98 Å². The van der Waals surface area contributed by atoms with Crippen LogP contribution < -0.4 is 11.2 Å². The van der Waals surface area contributed by atoms with Crippen LogP contribution in [0.15, 0.2) is 21.9 Å². The van der Waals surface area contributed by atoms with Crippen LogP contribution in [-0.4, -0.2) is 49.8 Å². The van der Waals surface area contributed by atoms with E-state index in [4.69, 9.17) is 4.74 Å². The Morgan fingerprint density at radius 2 is 2.00 bits per heavy atom. The number of H-pyrrole nitrogens is 1. The van der Waals surface area contributed by atoms with Crippen LogP contribution in [0.3, 0.4) is 0 Å². The number of aromatic nitrogens is 2. The monoisotopic (exact) mass is 244 g/mol. The second-order valence-electron chi connectivity index (χ2n) is 3.76. The predicted molar refractivity (Wildman–Crippen MR) is 54.3 cm³/mol. The molecule has 1 aromatic rings. The molecule has 0 amide bonds. The number of aliphatic hydroxyl groups excluding tert-OH is 3. The van der Waals surface area contributed by atoms with Crippen LogP contribution in [0.4, 0.5) is 0 Å². The Bertz CT molecular complexity index is 480. The van der Waals surface area contributed by atoms with Crippen molar-refractivity contribution in [2.24, 2.45) is 0 Å². The van der Waals surface area contributed by atoms with Gasteiger partial charge < -0.3 is 25.0 Å². The van der Waals surface area contributed by atoms with Crippen LogP contribution in [0.1, 0.15) is 6.23 Å². The highest BCUT2D eigenvalue weighted by Crippen LogP contribution is 2.21. The van der Waals surface area contributed by atoms with Gasteiger partial charge in [0.1, 0.15) is 18.3 Å². The fourth-order valence-electron chi connectivity index (χ4n) is 1.69. The van der Waals surface area contributed by atoms with Crippen LogP contribution in [-0.2, 0) is 4.74 Å². The first kappa shape index (κ1) is 12.0. The summed E-state index contributed by atoms with van der Waals surface area (Å²) in [5.74, 6) is 0. The zero-order chi connectivity index (χ0) is 12.6. The van der Waals surface area contributed by atoms with Gasteiger partial charge in [0.25, 0.3) is 5.56 Å². The minimum absolute atomic E-state index is 0.274. The summed E-state index contributed by atoms with van der Waals surface area (Å²) in [5, 5.41) is 28.4. The zero-order valence-electron chi connectivity index (χ0n) is 8.68. The maximum atomic E-state index is 11.5. The lowest BCUT2D eigenvalue weighted by Gasteiger charge is -2.35. The van der Waals surface area contributed by atoms with Gasteiger partial charge in [-0.05, 0) is 0 Å². The lowest BCUT2D eigenvalue weighted by molar-refractivity contribution is -0.212. The number of nitrogens with zero attached hydrogens (tertiary/aromatic N) is 1. The maximum absolute atomic E-state index is 11.5. The third-order valence-electron chi connectivity index (χ3n) is 2.62. The molecule has 0 saturated carbocycles. The Morgan fingerprint density at radius 3 is 2.65 bits per heavy atom. The highest BCUT2D eigenvalue weighted by molar-refractivity contribution is 4.90. The summed E-state index contributed by atoms with van der Waals surface area (Å²) in [6, 6.07) is 1.09. The summed E-state index contributed by atoms with van der Waals surface area (Å²) in [4.78, 5) is 25.2. The summed E-state index contributed by atoms with van der Waals surface area (Å²) >= 11 is 0. The Balaban J connectivity index is 2.41. The van der Waals surface area contributed by atoms with Crippen molar-refractivity contribution in [3.63, 3.8) is 0 Å². The first-order valence-corrected chi connectivity index (χ1v) is 4.98. The van der Waals surface area contributed by atoms with E-state index >= 15 is 0 Å². The van der Waals surface area contributed by atoms with Crippen LogP contribution in [0.5, 0.6) is 0 Å². The molecule has 1 saturated heterocycles. The van der Waals surface area contributed by atoms with E-state index < -0.39 is 35.8 Å². The molecule has 4 N–H and O–H groups in total. The summed E-state index contributed by atoms with van der Waals surface area (Å²) in [5.41, 5.74) is -1.42. The largest absolute Gasteiger partial charge is 0.388 e. The Kier molecular flexibility index (Phi) is 3.11. The lowest BCUT2D eigenvalue weighted by Crippen LogP contribution is -2.54. The van der Waals surface area contributed by atoms with Gasteiger partial charge in [0.15, 0.2) is 6.23 Å². The number of aromatic amines is 1. The number of hydrogen-bond acceptors (Lipinski definition) is 6. The van der Waals surface area contributed by atoms with Crippen LogP contribution in [0.2, 0.25) is 0 Å². The van der Waals surface area contributed by atoms with Gasteiger partial charge in [-0.15, -0.1) is 0 Å². The molecule has 8 nitrogen and oxygen atoms in total. The van der Waals surface area contributed by atoms with Gasteiger partial charge >= 0.3 is 5.69 Å². The summed E-state index contributed by atoms with van der Waals surface area (Å²) in [6.07, 6.45) is -4.42. The van der Waals surface area contributed by atoms with Crippen molar-refractivity contribution < 1.29 is 20.1 Å². The van der Waals surface area contributed by atoms with Crippen molar-refractivity contribution in [1.82, 2.24) is 9.55 Å². The molecule has 94 valence electrons. The molecule has 1 aliphatic heterocycles. The topological polar surface area (TPSA) is 125 Å². The molecular formula is C9H12N2O6. The molecule has 17 heavy (non-hydrogen) atoms. The maximum Gasteiger partial charge on any atom is 0.330 e. The van der Waals surface area contributed by atoms with Crippen LogP contribution in [0.25, 0.3) is 0 Å². The standard InChI is InChI=1S/C9H12N2O6/c12-4-3-17-8(7(15)6(4)14)11-5(13)1-2-10-9(11)16/h1-2,4,6-8,12,14-15H,3H2,(H,10,16)/t4-,6+,7-,8?/m1/s1. The average molecular weight is 244 g/mol. The quantitative estimate of drug-likeness (QED) is 0.421. The Hall–Kier alpha value is -1.48. The van der Waals surface area contributed by atoms with Crippen molar-refractivity contribution in [2.75, 3.05) is 6.61 Å². The molecule has 4 atom stereocenters. The van der Waals surface area contributed by atoms with Gasteiger partial charge in [-0.2, -0.15) is 0 Å². The Morgan fingerprint density at radius 1 is 1.29 bits per heavy atom. The van der Waals surface area contributed by atoms with Gasteiger partial charge in [-0.25, -0.2) is 9.36 Å². The number of rotatable bonds is 1. The van der Waals surface area contributed by atoms with E-state index in [0.717, 1.165) is 6.07 Å². The van der Waals surface area contributed by atoms with Gasteiger partial charge in [-0.3, -0.25) is 4.79 Å².